The van der Waals surface area contributed by atoms with Crippen molar-refractivity contribution < 1.29 is 0 Å². The molecule has 1 N–H and O–H groups in total. The van der Waals surface area contributed by atoms with Gasteiger partial charge < -0.3 is 4.90 Å². The van der Waals surface area contributed by atoms with Crippen LogP contribution < -0.4 is 5.32 Å². The molecule has 0 aromatic rings. The first kappa shape index (κ1) is 14.8. The van der Waals surface area contributed by atoms with E-state index in [9.17, 15) is 5.26 Å². The Morgan fingerprint density at radius 2 is 2.00 bits per heavy atom. The molecule has 0 spiro atoms. The zero-order valence-electron chi connectivity index (χ0n) is 12.9. The molecule has 19 heavy (non-hydrogen) atoms. The predicted octanol–water partition coefficient (Wildman–Crippen LogP) is 2.78. The summed E-state index contributed by atoms with van der Waals surface area (Å²) in [6.45, 7) is 11.3. The maximum Gasteiger partial charge on any atom is 0.105 e. The molecule has 1 aliphatic carbocycles. The summed E-state index contributed by atoms with van der Waals surface area (Å²) < 4.78 is 0. The maximum atomic E-state index is 9.43. The number of hydrogen-bond acceptors (Lipinski definition) is 3. The van der Waals surface area contributed by atoms with Gasteiger partial charge in [-0.05, 0) is 51.4 Å². The maximum absolute atomic E-state index is 9.43. The second-order valence-corrected chi connectivity index (χ2v) is 7.17. The average molecular weight is 263 g/mol. The van der Waals surface area contributed by atoms with E-state index in [0.717, 1.165) is 24.8 Å². The second kappa shape index (κ2) is 5.81. The van der Waals surface area contributed by atoms with Gasteiger partial charge in [0.2, 0.25) is 0 Å². The molecule has 1 saturated carbocycles. The quantitative estimate of drug-likeness (QED) is 0.829. The molecule has 2 aliphatic rings. The Bertz CT molecular complexity index is 344. The average Bonchev–Trinajstić information content (AvgIpc) is 3.16. The number of nitrogens with one attached hydrogen (secondary N) is 1. The Balaban J connectivity index is 1.87. The molecule has 4 unspecified atom stereocenters. The van der Waals surface area contributed by atoms with Crippen molar-refractivity contribution >= 4 is 0 Å². The van der Waals surface area contributed by atoms with Crippen LogP contribution >= 0.6 is 0 Å². The standard InChI is InChI=1S/C16H29N3/c1-12-9-13(2)14(3)19(10-12)8-7-16(4,11-17)18-15-5-6-15/h12-15,18H,5-10H2,1-4H3. The van der Waals surface area contributed by atoms with E-state index in [2.05, 4.69) is 44.0 Å². The van der Waals surface area contributed by atoms with Gasteiger partial charge in [-0.1, -0.05) is 13.8 Å². The van der Waals surface area contributed by atoms with Crippen LogP contribution in [0.15, 0.2) is 0 Å². The van der Waals surface area contributed by atoms with Gasteiger partial charge >= 0.3 is 0 Å². The molecule has 3 heteroatoms. The third-order valence-electron chi connectivity index (χ3n) is 4.97. The molecule has 0 aromatic heterocycles. The summed E-state index contributed by atoms with van der Waals surface area (Å²) in [5.74, 6) is 1.56. The van der Waals surface area contributed by atoms with Gasteiger partial charge in [0.1, 0.15) is 5.54 Å². The van der Waals surface area contributed by atoms with Gasteiger partial charge in [0, 0.05) is 25.2 Å². The van der Waals surface area contributed by atoms with Crippen molar-refractivity contribution in [3.05, 3.63) is 0 Å². The molecule has 0 aromatic carbocycles. The van der Waals surface area contributed by atoms with Crippen molar-refractivity contribution in [3.63, 3.8) is 0 Å². The number of piperidine rings is 1. The number of hydrogen-bond donors (Lipinski definition) is 1. The molecule has 0 radical (unpaired) electrons. The fraction of sp³-hybridized carbons (Fsp3) is 0.938. The number of rotatable bonds is 5. The van der Waals surface area contributed by atoms with Gasteiger partial charge in [0.25, 0.3) is 0 Å². The van der Waals surface area contributed by atoms with Gasteiger partial charge in [0.05, 0.1) is 6.07 Å². The van der Waals surface area contributed by atoms with Crippen molar-refractivity contribution in [2.24, 2.45) is 11.8 Å². The Kier molecular flexibility index (Phi) is 4.53. The van der Waals surface area contributed by atoms with Gasteiger partial charge in [-0.2, -0.15) is 5.26 Å². The zero-order valence-corrected chi connectivity index (χ0v) is 12.9. The van der Waals surface area contributed by atoms with Crippen LogP contribution in [0.4, 0.5) is 0 Å². The molecule has 4 atom stereocenters. The smallest absolute Gasteiger partial charge is 0.105 e. The molecule has 0 amide bonds. The first-order valence-corrected chi connectivity index (χ1v) is 7.86. The highest BCUT2D eigenvalue weighted by molar-refractivity contribution is 5.07. The minimum absolute atomic E-state index is 0.342. The summed E-state index contributed by atoms with van der Waals surface area (Å²) in [7, 11) is 0. The predicted molar refractivity (Wildman–Crippen MR) is 78.8 cm³/mol. The SMILES string of the molecule is CC1CC(C)C(C)N(CCC(C)(C#N)NC2CC2)C1. The van der Waals surface area contributed by atoms with Gasteiger partial charge in [-0.25, -0.2) is 0 Å². The van der Waals surface area contributed by atoms with Crippen LogP contribution in [0.25, 0.3) is 0 Å². The molecule has 0 bridgehead atoms. The van der Waals surface area contributed by atoms with Crippen LogP contribution in [0.3, 0.4) is 0 Å². The summed E-state index contributed by atoms with van der Waals surface area (Å²) in [6.07, 6.45) is 4.76. The first-order valence-electron chi connectivity index (χ1n) is 7.86. The lowest BCUT2D eigenvalue weighted by Crippen LogP contribution is -2.50. The Labute approximate surface area is 118 Å². The van der Waals surface area contributed by atoms with Crippen LogP contribution in [0.1, 0.15) is 53.4 Å². The molecule has 2 rings (SSSR count). The number of likely N-dealkylation sites (tertiary alicyclic amines) is 1. The largest absolute Gasteiger partial charge is 0.300 e. The highest BCUT2D eigenvalue weighted by Crippen LogP contribution is 2.28. The summed E-state index contributed by atoms with van der Waals surface area (Å²) >= 11 is 0. The van der Waals surface area contributed by atoms with Crippen molar-refractivity contribution in [1.82, 2.24) is 10.2 Å². The molecule has 3 nitrogen and oxygen atoms in total. The lowest BCUT2D eigenvalue weighted by atomic mass is 9.85. The fourth-order valence-corrected chi connectivity index (χ4v) is 3.33. The Morgan fingerprint density at radius 1 is 1.32 bits per heavy atom. The van der Waals surface area contributed by atoms with Crippen molar-refractivity contribution in [3.8, 4) is 6.07 Å². The van der Waals surface area contributed by atoms with Crippen molar-refractivity contribution in [2.75, 3.05) is 13.1 Å². The molecule has 108 valence electrons. The van der Waals surface area contributed by atoms with Crippen LogP contribution in [0.2, 0.25) is 0 Å². The summed E-state index contributed by atoms with van der Waals surface area (Å²) in [4.78, 5) is 2.59. The molecular weight excluding hydrogens is 234 g/mol. The third-order valence-corrected chi connectivity index (χ3v) is 4.97. The van der Waals surface area contributed by atoms with Crippen molar-refractivity contribution in [1.29, 1.82) is 5.26 Å². The van der Waals surface area contributed by atoms with Crippen molar-refractivity contribution in [2.45, 2.75) is 71.0 Å². The van der Waals surface area contributed by atoms with E-state index in [0.29, 0.717) is 12.1 Å². The lowest BCUT2D eigenvalue weighted by Gasteiger charge is -2.42. The monoisotopic (exact) mass is 263 g/mol. The Hall–Kier alpha value is -0.590. The number of nitriles is 1. The van der Waals surface area contributed by atoms with E-state index < -0.39 is 0 Å². The van der Waals surface area contributed by atoms with Gasteiger partial charge in [0.15, 0.2) is 0 Å². The van der Waals surface area contributed by atoms with Crippen LogP contribution in [-0.4, -0.2) is 35.6 Å². The molecule has 1 aliphatic heterocycles. The molecular formula is C16H29N3. The lowest BCUT2D eigenvalue weighted by molar-refractivity contribution is 0.0735. The first-order chi connectivity index (χ1) is 8.93. The zero-order chi connectivity index (χ0) is 14.0. The van der Waals surface area contributed by atoms with Crippen LogP contribution in [-0.2, 0) is 0 Å². The molecule has 2 fully saturated rings. The highest BCUT2D eigenvalue weighted by Gasteiger charge is 2.34. The van der Waals surface area contributed by atoms with E-state index in [4.69, 9.17) is 0 Å². The van der Waals surface area contributed by atoms with E-state index >= 15 is 0 Å². The second-order valence-electron chi connectivity index (χ2n) is 7.17. The molecule has 1 saturated heterocycles. The number of nitrogens with zero attached hydrogens (tertiary/aromatic N) is 2. The van der Waals surface area contributed by atoms with E-state index in [-0.39, 0.29) is 5.54 Å². The van der Waals surface area contributed by atoms with Gasteiger partial charge in [-0.3, -0.25) is 5.32 Å². The van der Waals surface area contributed by atoms with Crippen LogP contribution in [0, 0.1) is 23.2 Å². The topological polar surface area (TPSA) is 39.1 Å². The van der Waals surface area contributed by atoms with E-state index in [1.807, 2.05) is 0 Å². The Morgan fingerprint density at radius 3 is 2.58 bits per heavy atom. The summed E-state index contributed by atoms with van der Waals surface area (Å²) in [6, 6.07) is 3.74. The van der Waals surface area contributed by atoms with Gasteiger partial charge in [-0.15, -0.1) is 0 Å². The van der Waals surface area contributed by atoms with Crippen LogP contribution in [0.5, 0.6) is 0 Å². The normalized spacial score (nSPS) is 35.6. The molecule has 1 heterocycles. The van der Waals surface area contributed by atoms with E-state index in [1.54, 1.807) is 0 Å². The minimum Gasteiger partial charge on any atom is -0.300 e. The highest BCUT2D eigenvalue weighted by atomic mass is 15.2. The fourth-order valence-electron chi connectivity index (χ4n) is 3.33. The summed E-state index contributed by atoms with van der Waals surface area (Å²) in [5, 5.41) is 12.9. The summed E-state index contributed by atoms with van der Waals surface area (Å²) in [5.41, 5.74) is -0.342. The van der Waals surface area contributed by atoms with E-state index in [1.165, 1.54) is 25.8 Å². The third kappa shape index (κ3) is 3.94. The minimum atomic E-state index is -0.342.